The second-order valence-electron chi connectivity index (χ2n) is 3.44. The summed E-state index contributed by atoms with van der Waals surface area (Å²) in [5.74, 6) is 1.97. The summed E-state index contributed by atoms with van der Waals surface area (Å²) >= 11 is 0. The average molecular weight is 230 g/mol. The van der Waals surface area contributed by atoms with Crippen LogP contribution in [0.2, 0.25) is 0 Å². The SMILES string of the molecule is CCOc1cccc(Oc2ccc(N)cn2)c1. The Balaban J connectivity index is 2.12. The summed E-state index contributed by atoms with van der Waals surface area (Å²) in [4.78, 5) is 4.06. The molecular weight excluding hydrogens is 216 g/mol. The van der Waals surface area contributed by atoms with Gasteiger partial charge in [0.25, 0.3) is 0 Å². The smallest absolute Gasteiger partial charge is 0.219 e. The molecule has 1 aromatic heterocycles. The fourth-order valence-corrected chi connectivity index (χ4v) is 1.37. The Morgan fingerprint density at radius 1 is 1.18 bits per heavy atom. The number of nitrogens with zero attached hydrogens (tertiary/aromatic N) is 1. The molecule has 0 radical (unpaired) electrons. The first-order valence-corrected chi connectivity index (χ1v) is 5.40. The normalized spacial score (nSPS) is 9.94. The summed E-state index contributed by atoms with van der Waals surface area (Å²) in [6, 6.07) is 10.9. The van der Waals surface area contributed by atoms with Crippen molar-refractivity contribution in [3.8, 4) is 17.4 Å². The van der Waals surface area contributed by atoms with Crippen molar-refractivity contribution in [2.75, 3.05) is 12.3 Å². The molecule has 2 rings (SSSR count). The summed E-state index contributed by atoms with van der Waals surface area (Å²) < 4.78 is 11.0. The van der Waals surface area contributed by atoms with E-state index >= 15 is 0 Å². The maximum atomic E-state index is 5.57. The van der Waals surface area contributed by atoms with Crippen molar-refractivity contribution in [3.05, 3.63) is 42.6 Å². The zero-order chi connectivity index (χ0) is 12.1. The number of aromatic nitrogens is 1. The fraction of sp³-hybridized carbons (Fsp3) is 0.154. The highest BCUT2D eigenvalue weighted by Gasteiger charge is 2.00. The molecule has 0 bridgehead atoms. The second kappa shape index (κ2) is 5.21. The van der Waals surface area contributed by atoms with Gasteiger partial charge in [-0.15, -0.1) is 0 Å². The summed E-state index contributed by atoms with van der Waals surface area (Å²) in [6.07, 6.45) is 1.56. The lowest BCUT2D eigenvalue weighted by atomic mass is 10.3. The van der Waals surface area contributed by atoms with Gasteiger partial charge in [0.1, 0.15) is 11.5 Å². The minimum absolute atomic E-state index is 0.507. The lowest BCUT2D eigenvalue weighted by molar-refractivity contribution is 0.338. The highest BCUT2D eigenvalue weighted by atomic mass is 16.5. The van der Waals surface area contributed by atoms with E-state index in [-0.39, 0.29) is 0 Å². The first-order valence-electron chi connectivity index (χ1n) is 5.40. The molecule has 0 atom stereocenters. The van der Waals surface area contributed by atoms with Gasteiger partial charge in [0.15, 0.2) is 0 Å². The maximum Gasteiger partial charge on any atom is 0.219 e. The van der Waals surface area contributed by atoms with E-state index in [1.54, 1.807) is 18.3 Å². The molecule has 17 heavy (non-hydrogen) atoms. The van der Waals surface area contributed by atoms with E-state index in [1.165, 1.54) is 0 Å². The zero-order valence-corrected chi connectivity index (χ0v) is 9.59. The van der Waals surface area contributed by atoms with Gasteiger partial charge >= 0.3 is 0 Å². The topological polar surface area (TPSA) is 57.4 Å². The number of benzene rings is 1. The fourth-order valence-electron chi connectivity index (χ4n) is 1.37. The number of nitrogen functional groups attached to an aromatic ring is 1. The third kappa shape index (κ3) is 3.11. The van der Waals surface area contributed by atoms with Crippen LogP contribution in [0.5, 0.6) is 17.4 Å². The van der Waals surface area contributed by atoms with Gasteiger partial charge in [-0.25, -0.2) is 4.98 Å². The Morgan fingerprint density at radius 2 is 2.00 bits per heavy atom. The molecule has 4 heteroatoms. The van der Waals surface area contributed by atoms with Crippen molar-refractivity contribution in [2.24, 2.45) is 0 Å². The van der Waals surface area contributed by atoms with Crippen molar-refractivity contribution in [1.29, 1.82) is 0 Å². The first-order chi connectivity index (χ1) is 8.28. The molecule has 0 saturated carbocycles. The summed E-state index contributed by atoms with van der Waals surface area (Å²) in [6.45, 7) is 2.57. The van der Waals surface area contributed by atoms with Gasteiger partial charge in [-0.3, -0.25) is 0 Å². The molecule has 0 aliphatic carbocycles. The van der Waals surface area contributed by atoms with Crippen LogP contribution in [0, 0.1) is 0 Å². The van der Waals surface area contributed by atoms with Crippen LogP contribution >= 0.6 is 0 Å². The number of hydrogen-bond acceptors (Lipinski definition) is 4. The van der Waals surface area contributed by atoms with Gasteiger partial charge in [-0.05, 0) is 25.1 Å². The Kier molecular flexibility index (Phi) is 3.45. The molecule has 0 fully saturated rings. The summed E-state index contributed by atoms with van der Waals surface area (Å²) in [5.41, 5.74) is 6.16. The molecule has 1 heterocycles. The Morgan fingerprint density at radius 3 is 2.71 bits per heavy atom. The molecule has 0 amide bonds. The molecular formula is C13H14N2O2. The van der Waals surface area contributed by atoms with E-state index in [4.69, 9.17) is 15.2 Å². The van der Waals surface area contributed by atoms with Crippen molar-refractivity contribution >= 4 is 5.69 Å². The van der Waals surface area contributed by atoms with E-state index in [0.717, 1.165) is 5.75 Å². The van der Waals surface area contributed by atoms with E-state index in [2.05, 4.69) is 4.98 Å². The number of anilines is 1. The van der Waals surface area contributed by atoms with E-state index in [1.807, 2.05) is 31.2 Å². The third-order valence-corrected chi connectivity index (χ3v) is 2.10. The Bertz CT molecular complexity index is 483. The monoisotopic (exact) mass is 230 g/mol. The van der Waals surface area contributed by atoms with Crippen LogP contribution in [-0.2, 0) is 0 Å². The van der Waals surface area contributed by atoms with Crippen LogP contribution < -0.4 is 15.2 Å². The van der Waals surface area contributed by atoms with Gasteiger partial charge in [-0.2, -0.15) is 0 Å². The summed E-state index contributed by atoms with van der Waals surface area (Å²) in [5, 5.41) is 0. The molecule has 0 unspecified atom stereocenters. The molecule has 2 N–H and O–H groups in total. The lowest BCUT2D eigenvalue weighted by Crippen LogP contribution is -1.93. The molecule has 4 nitrogen and oxygen atoms in total. The highest BCUT2D eigenvalue weighted by Crippen LogP contribution is 2.24. The molecule has 0 spiro atoms. The highest BCUT2D eigenvalue weighted by molar-refractivity contribution is 5.39. The number of nitrogens with two attached hydrogens (primary N) is 1. The van der Waals surface area contributed by atoms with Crippen LogP contribution in [0.25, 0.3) is 0 Å². The third-order valence-electron chi connectivity index (χ3n) is 2.10. The maximum absolute atomic E-state index is 5.57. The van der Waals surface area contributed by atoms with Crippen LogP contribution in [0.4, 0.5) is 5.69 Å². The second-order valence-corrected chi connectivity index (χ2v) is 3.44. The molecule has 0 aliphatic rings. The molecule has 0 aliphatic heterocycles. The van der Waals surface area contributed by atoms with Crippen molar-refractivity contribution in [2.45, 2.75) is 6.92 Å². The van der Waals surface area contributed by atoms with Gasteiger partial charge in [0.05, 0.1) is 18.5 Å². The molecule has 1 aromatic carbocycles. The van der Waals surface area contributed by atoms with Gasteiger partial charge in [-0.1, -0.05) is 6.07 Å². The van der Waals surface area contributed by atoms with Crippen LogP contribution in [0.15, 0.2) is 42.6 Å². The van der Waals surface area contributed by atoms with Crippen LogP contribution in [0.1, 0.15) is 6.92 Å². The largest absolute Gasteiger partial charge is 0.494 e. The van der Waals surface area contributed by atoms with E-state index in [0.29, 0.717) is 23.9 Å². The average Bonchev–Trinajstić information content (AvgIpc) is 2.33. The van der Waals surface area contributed by atoms with Gasteiger partial charge in [0, 0.05) is 12.1 Å². The number of rotatable bonds is 4. The Labute approximate surface area is 100 Å². The molecule has 0 saturated heterocycles. The summed E-state index contributed by atoms with van der Waals surface area (Å²) in [7, 11) is 0. The Hall–Kier alpha value is -2.23. The van der Waals surface area contributed by atoms with Crippen molar-refractivity contribution in [1.82, 2.24) is 4.98 Å². The standard InChI is InChI=1S/C13H14N2O2/c1-2-16-11-4-3-5-12(8-11)17-13-7-6-10(14)9-15-13/h3-9H,2,14H2,1H3. The van der Waals surface area contributed by atoms with Crippen LogP contribution in [0.3, 0.4) is 0 Å². The molecule has 88 valence electrons. The quantitative estimate of drug-likeness (QED) is 0.877. The number of pyridine rings is 1. The minimum Gasteiger partial charge on any atom is -0.494 e. The van der Waals surface area contributed by atoms with Crippen molar-refractivity contribution in [3.63, 3.8) is 0 Å². The number of hydrogen-bond donors (Lipinski definition) is 1. The number of ether oxygens (including phenoxy) is 2. The minimum atomic E-state index is 0.507. The van der Waals surface area contributed by atoms with E-state index < -0.39 is 0 Å². The lowest BCUT2D eigenvalue weighted by Gasteiger charge is -2.07. The van der Waals surface area contributed by atoms with Gasteiger partial charge in [0.2, 0.25) is 5.88 Å². The van der Waals surface area contributed by atoms with E-state index in [9.17, 15) is 0 Å². The van der Waals surface area contributed by atoms with Gasteiger partial charge < -0.3 is 15.2 Å². The zero-order valence-electron chi connectivity index (χ0n) is 9.59. The predicted molar refractivity (Wildman–Crippen MR) is 66.3 cm³/mol. The van der Waals surface area contributed by atoms with Crippen LogP contribution in [-0.4, -0.2) is 11.6 Å². The first kappa shape index (κ1) is 11.3. The van der Waals surface area contributed by atoms with Crippen molar-refractivity contribution < 1.29 is 9.47 Å². The molecule has 2 aromatic rings. The predicted octanol–water partition coefficient (Wildman–Crippen LogP) is 2.85.